The first-order valence-corrected chi connectivity index (χ1v) is 9.73. The molecular weight excluding hydrogens is 323 g/mol. The van der Waals surface area contributed by atoms with Crippen molar-refractivity contribution in [2.24, 2.45) is 11.8 Å². The quantitative estimate of drug-likeness (QED) is 0.582. The SMILES string of the molecule is CCC[C@H]1CC[C@H](COc2ccc(C#Cc3ccc(F)cc3)cc2)CC1. The molecule has 0 saturated heterocycles. The van der Waals surface area contributed by atoms with Crippen molar-refractivity contribution in [3.63, 3.8) is 0 Å². The Labute approximate surface area is 156 Å². The average Bonchev–Trinajstić information content (AvgIpc) is 2.68. The summed E-state index contributed by atoms with van der Waals surface area (Å²) in [7, 11) is 0. The second-order valence-electron chi connectivity index (χ2n) is 7.27. The van der Waals surface area contributed by atoms with E-state index in [1.807, 2.05) is 24.3 Å². The van der Waals surface area contributed by atoms with Gasteiger partial charge in [0.2, 0.25) is 0 Å². The van der Waals surface area contributed by atoms with Gasteiger partial charge in [-0.1, -0.05) is 44.4 Å². The van der Waals surface area contributed by atoms with E-state index in [1.165, 1.54) is 50.7 Å². The Hall–Kier alpha value is -2.27. The molecular formula is C24H27FO. The number of hydrogen-bond acceptors (Lipinski definition) is 1. The van der Waals surface area contributed by atoms with Crippen molar-refractivity contribution >= 4 is 0 Å². The highest BCUT2D eigenvalue weighted by Gasteiger charge is 2.20. The number of hydrogen-bond donors (Lipinski definition) is 0. The van der Waals surface area contributed by atoms with Crippen molar-refractivity contribution in [3.05, 3.63) is 65.5 Å². The molecule has 0 aliphatic heterocycles. The normalized spacial score (nSPS) is 19.5. The molecule has 2 aromatic rings. The van der Waals surface area contributed by atoms with Crippen molar-refractivity contribution in [1.82, 2.24) is 0 Å². The molecule has 2 aromatic carbocycles. The monoisotopic (exact) mass is 350 g/mol. The topological polar surface area (TPSA) is 9.23 Å². The van der Waals surface area contributed by atoms with Crippen LogP contribution in [0.15, 0.2) is 48.5 Å². The van der Waals surface area contributed by atoms with E-state index in [2.05, 4.69) is 18.8 Å². The fraction of sp³-hybridized carbons (Fsp3) is 0.417. The van der Waals surface area contributed by atoms with E-state index < -0.39 is 0 Å². The summed E-state index contributed by atoms with van der Waals surface area (Å²) in [5.74, 6) is 8.46. The van der Waals surface area contributed by atoms with Crippen LogP contribution in [0.5, 0.6) is 5.75 Å². The molecule has 3 rings (SSSR count). The van der Waals surface area contributed by atoms with E-state index >= 15 is 0 Å². The van der Waals surface area contributed by atoms with Crippen molar-refractivity contribution < 1.29 is 9.13 Å². The molecule has 1 saturated carbocycles. The molecule has 0 radical (unpaired) electrons. The lowest BCUT2D eigenvalue weighted by molar-refractivity contribution is 0.178. The van der Waals surface area contributed by atoms with Crippen LogP contribution in [0, 0.1) is 29.5 Å². The maximum atomic E-state index is 12.9. The van der Waals surface area contributed by atoms with Crippen molar-refractivity contribution in [3.8, 4) is 17.6 Å². The molecule has 2 heteroatoms. The maximum absolute atomic E-state index is 12.9. The highest BCUT2D eigenvalue weighted by Crippen LogP contribution is 2.31. The second kappa shape index (κ2) is 9.43. The van der Waals surface area contributed by atoms with Crippen molar-refractivity contribution in [1.29, 1.82) is 0 Å². The number of rotatable bonds is 5. The van der Waals surface area contributed by atoms with Gasteiger partial charge in [-0.3, -0.25) is 0 Å². The second-order valence-corrected chi connectivity index (χ2v) is 7.27. The van der Waals surface area contributed by atoms with E-state index in [0.717, 1.165) is 29.4 Å². The van der Waals surface area contributed by atoms with Crippen LogP contribution < -0.4 is 4.74 Å². The van der Waals surface area contributed by atoms with Crippen LogP contribution >= 0.6 is 0 Å². The lowest BCUT2D eigenvalue weighted by atomic mass is 9.80. The van der Waals surface area contributed by atoms with E-state index in [-0.39, 0.29) is 5.82 Å². The molecule has 1 aliphatic carbocycles. The molecule has 0 heterocycles. The number of halogens is 1. The van der Waals surface area contributed by atoms with E-state index in [0.29, 0.717) is 5.92 Å². The van der Waals surface area contributed by atoms with Gasteiger partial charge < -0.3 is 4.74 Å². The summed E-state index contributed by atoms with van der Waals surface area (Å²) >= 11 is 0. The van der Waals surface area contributed by atoms with Crippen LogP contribution in [0.25, 0.3) is 0 Å². The first kappa shape index (κ1) is 18.5. The molecule has 0 atom stereocenters. The fourth-order valence-electron chi connectivity index (χ4n) is 3.62. The van der Waals surface area contributed by atoms with Crippen LogP contribution in [-0.4, -0.2) is 6.61 Å². The van der Waals surface area contributed by atoms with Crippen LogP contribution in [0.3, 0.4) is 0 Å². The standard InChI is InChI=1S/C24H27FO/c1-2-3-19-6-8-22(9-7-19)18-26-24-16-12-21(13-17-24)5-4-20-10-14-23(25)15-11-20/h10-17,19,22H,2-3,6-9,18H2,1H3/t19-,22-. The van der Waals surface area contributed by atoms with Crippen molar-refractivity contribution in [2.45, 2.75) is 45.4 Å². The Kier molecular flexibility index (Phi) is 6.72. The van der Waals surface area contributed by atoms with Crippen LogP contribution in [0.4, 0.5) is 4.39 Å². The number of ether oxygens (including phenoxy) is 1. The molecule has 0 aromatic heterocycles. The third-order valence-electron chi connectivity index (χ3n) is 5.20. The van der Waals surface area contributed by atoms with Crippen LogP contribution in [0.1, 0.15) is 56.6 Å². The molecule has 1 fully saturated rings. The van der Waals surface area contributed by atoms with Gasteiger partial charge in [0.1, 0.15) is 11.6 Å². The summed E-state index contributed by atoms with van der Waals surface area (Å²) in [6.07, 6.45) is 8.01. The Balaban J connectivity index is 1.47. The minimum Gasteiger partial charge on any atom is -0.493 e. The summed E-state index contributed by atoms with van der Waals surface area (Å²) in [6.45, 7) is 3.10. The lowest BCUT2D eigenvalue weighted by Crippen LogP contribution is -2.20. The third kappa shape index (κ3) is 5.63. The maximum Gasteiger partial charge on any atom is 0.123 e. The van der Waals surface area contributed by atoms with Gasteiger partial charge in [-0.25, -0.2) is 4.39 Å². The zero-order chi connectivity index (χ0) is 18.2. The zero-order valence-electron chi connectivity index (χ0n) is 15.5. The largest absolute Gasteiger partial charge is 0.493 e. The summed E-state index contributed by atoms with van der Waals surface area (Å²) in [5.41, 5.74) is 1.74. The molecule has 0 N–H and O–H groups in total. The summed E-state index contributed by atoms with van der Waals surface area (Å²) in [6, 6.07) is 14.2. The van der Waals surface area contributed by atoms with E-state index in [9.17, 15) is 4.39 Å². The molecule has 0 bridgehead atoms. The van der Waals surface area contributed by atoms with Gasteiger partial charge in [0.25, 0.3) is 0 Å². The van der Waals surface area contributed by atoms with Gasteiger partial charge in [-0.05, 0) is 73.2 Å². The van der Waals surface area contributed by atoms with Crippen LogP contribution in [0.2, 0.25) is 0 Å². The Morgan fingerprint density at radius 3 is 1.96 bits per heavy atom. The van der Waals surface area contributed by atoms with Crippen molar-refractivity contribution in [2.75, 3.05) is 6.61 Å². The van der Waals surface area contributed by atoms with Gasteiger partial charge in [-0.2, -0.15) is 0 Å². The Bertz CT molecular complexity index is 729. The van der Waals surface area contributed by atoms with E-state index in [1.54, 1.807) is 12.1 Å². The molecule has 26 heavy (non-hydrogen) atoms. The first-order chi connectivity index (χ1) is 12.7. The minimum atomic E-state index is -0.240. The van der Waals surface area contributed by atoms with Crippen LogP contribution in [-0.2, 0) is 0 Å². The van der Waals surface area contributed by atoms with Gasteiger partial charge >= 0.3 is 0 Å². The Morgan fingerprint density at radius 2 is 1.38 bits per heavy atom. The fourth-order valence-corrected chi connectivity index (χ4v) is 3.62. The third-order valence-corrected chi connectivity index (χ3v) is 5.20. The highest BCUT2D eigenvalue weighted by molar-refractivity contribution is 5.44. The van der Waals surface area contributed by atoms with Gasteiger partial charge in [0.05, 0.1) is 6.61 Å². The first-order valence-electron chi connectivity index (χ1n) is 9.73. The predicted molar refractivity (Wildman–Crippen MR) is 105 cm³/mol. The summed E-state index contributed by atoms with van der Waals surface area (Å²) in [4.78, 5) is 0. The molecule has 1 aliphatic rings. The highest BCUT2D eigenvalue weighted by atomic mass is 19.1. The van der Waals surface area contributed by atoms with E-state index in [4.69, 9.17) is 4.74 Å². The van der Waals surface area contributed by atoms with Gasteiger partial charge in [-0.15, -0.1) is 0 Å². The molecule has 0 amide bonds. The zero-order valence-corrected chi connectivity index (χ0v) is 15.5. The molecule has 1 nitrogen and oxygen atoms in total. The minimum absolute atomic E-state index is 0.240. The van der Waals surface area contributed by atoms with Gasteiger partial charge in [0, 0.05) is 11.1 Å². The average molecular weight is 350 g/mol. The molecule has 0 spiro atoms. The predicted octanol–water partition coefficient (Wildman–Crippen LogP) is 6.21. The van der Waals surface area contributed by atoms with Gasteiger partial charge in [0.15, 0.2) is 0 Å². The smallest absolute Gasteiger partial charge is 0.123 e. The summed E-state index contributed by atoms with van der Waals surface area (Å²) < 4.78 is 18.9. The molecule has 136 valence electrons. The molecule has 0 unspecified atom stereocenters. The Morgan fingerprint density at radius 1 is 0.846 bits per heavy atom. The number of benzene rings is 2. The lowest BCUT2D eigenvalue weighted by Gasteiger charge is -2.28. The summed E-state index contributed by atoms with van der Waals surface area (Å²) in [5, 5.41) is 0.